The third-order valence-electron chi connectivity index (χ3n) is 4.35. The lowest BCUT2D eigenvalue weighted by molar-refractivity contribution is -0.153. The van der Waals surface area contributed by atoms with Crippen molar-refractivity contribution < 1.29 is 23.9 Å². The van der Waals surface area contributed by atoms with Crippen molar-refractivity contribution in [2.75, 3.05) is 6.54 Å². The van der Waals surface area contributed by atoms with Crippen LogP contribution in [0.15, 0.2) is 24.3 Å². The van der Waals surface area contributed by atoms with E-state index in [4.69, 9.17) is 16.3 Å². The first kappa shape index (κ1) is 21.7. The Morgan fingerprint density at radius 1 is 1.11 bits per heavy atom. The van der Waals surface area contributed by atoms with E-state index in [-0.39, 0.29) is 6.04 Å². The number of rotatable bonds is 6. The molecule has 0 aromatic heterocycles. The van der Waals surface area contributed by atoms with Gasteiger partial charge in [0.15, 0.2) is 6.10 Å². The number of halogens is 1. The second-order valence-electron chi connectivity index (χ2n) is 6.62. The van der Waals surface area contributed by atoms with Gasteiger partial charge in [0, 0.05) is 16.6 Å². The fourth-order valence-corrected chi connectivity index (χ4v) is 2.96. The lowest BCUT2D eigenvalue weighted by Crippen LogP contribution is -2.48. The summed E-state index contributed by atoms with van der Waals surface area (Å²) in [6.07, 6.45) is 3.86. The molecule has 1 atom stereocenters. The number of urea groups is 1. The van der Waals surface area contributed by atoms with Gasteiger partial charge in [0.1, 0.15) is 6.54 Å². The average Bonchev–Trinajstić information content (AvgIpc) is 2.67. The summed E-state index contributed by atoms with van der Waals surface area (Å²) in [5.74, 6) is -2.00. The van der Waals surface area contributed by atoms with Crippen LogP contribution in [0.1, 0.15) is 49.4 Å². The number of nitrogens with one attached hydrogen (secondary N) is 3. The molecule has 9 heteroatoms. The van der Waals surface area contributed by atoms with Gasteiger partial charge >= 0.3 is 12.0 Å². The zero-order valence-corrected chi connectivity index (χ0v) is 16.4. The van der Waals surface area contributed by atoms with Gasteiger partial charge in [-0.15, -0.1) is 0 Å². The highest BCUT2D eigenvalue weighted by Gasteiger charge is 2.22. The highest BCUT2D eigenvalue weighted by molar-refractivity contribution is 6.30. The smallest absolute Gasteiger partial charge is 0.326 e. The van der Waals surface area contributed by atoms with Gasteiger partial charge in [-0.1, -0.05) is 30.9 Å². The number of benzene rings is 1. The van der Waals surface area contributed by atoms with Crippen molar-refractivity contribution in [3.05, 3.63) is 34.9 Å². The molecule has 28 heavy (non-hydrogen) atoms. The van der Waals surface area contributed by atoms with Crippen molar-refractivity contribution >= 4 is 35.4 Å². The van der Waals surface area contributed by atoms with Crippen LogP contribution in [-0.2, 0) is 14.3 Å². The molecule has 1 aliphatic carbocycles. The molecule has 2 rings (SSSR count). The van der Waals surface area contributed by atoms with E-state index in [1.165, 1.54) is 19.1 Å². The predicted molar refractivity (Wildman–Crippen MR) is 103 cm³/mol. The first-order chi connectivity index (χ1) is 13.3. The Morgan fingerprint density at radius 3 is 2.39 bits per heavy atom. The van der Waals surface area contributed by atoms with Crippen molar-refractivity contribution in [1.29, 1.82) is 0 Å². The number of imide groups is 1. The molecule has 0 unspecified atom stereocenters. The summed E-state index contributed by atoms with van der Waals surface area (Å²) < 4.78 is 4.94. The largest absolute Gasteiger partial charge is 0.451 e. The first-order valence-corrected chi connectivity index (χ1v) is 9.57. The standard InChI is InChI=1S/C19H24ClN3O5/c1-12(17(25)23-19(27)22-15-5-3-2-4-6-15)28-16(24)11-21-18(26)13-7-9-14(20)10-8-13/h7-10,12,15H,2-6,11H2,1H3,(H,21,26)(H2,22,23,25,27)/t12-/m1/s1. The van der Waals surface area contributed by atoms with Gasteiger partial charge in [-0.05, 0) is 44.0 Å². The molecule has 0 saturated heterocycles. The summed E-state index contributed by atoms with van der Waals surface area (Å²) in [6.45, 7) is 0.940. The van der Waals surface area contributed by atoms with E-state index in [2.05, 4.69) is 16.0 Å². The zero-order chi connectivity index (χ0) is 20.5. The van der Waals surface area contributed by atoms with Crippen molar-refractivity contribution in [2.45, 2.75) is 51.2 Å². The van der Waals surface area contributed by atoms with Gasteiger partial charge in [0.2, 0.25) is 0 Å². The van der Waals surface area contributed by atoms with E-state index in [0.29, 0.717) is 10.6 Å². The number of amides is 4. The third kappa shape index (κ3) is 7.19. The molecule has 3 N–H and O–H groups in total. The van der Waals surface area contributed by atoms with Gasteiger partial charge in [-0.25, -0.2) is 4.79 Å². The molecule has 0 spiro atoms. The van der Waals surface area contributed by atoms with Crippen LogP contribution in [0.5, 0.6) is 0 Å². The molecule has 1 aliphatic rings. The van der Waals surface area contributed by atoms with Crippen molar-refractivity contribution in [3.8, 4) is 0 Å². The summed E-state index contributed by atoms with van der Waals surface area (Å²) in [5, 5.41) is 7.78. The van der Waals surface area contributed by atoms with E-state index in [0.717, 1.165) is 32.1 Å². The van der Waals surface area contributed by atoms with Crippen LogP contribution < -0.4 is 16.0 Å². The molecule has 0 aliphatic heterocycles. The SMILES string of the molecule is C[C@@H](OC(=O)CNC(=O)c1ccc(Cl)cc1)C(=O)NC(=O)NC1CCCCC1. The number of ether oxygens (including phenoxy) is 1. The summed E-state index contributed by atoms with van der Waals surface area (Å²) in [5.41, 5.74) is 0.336. The molecular formula is C19H24ClN3O5. The molecule has 1 saturated carbocycles. The highest BCUT2D eigenvalue weighted by atomic mass is 35.5. The first-order valence-electron chi connectivity index (χ1n) is 9.19. The van der Waals surface area contributed by atoms with Crippen molar-refractivity contribution in [1.82, 2.24) is 16.0 Å². The minimum atomic E-state index is -1.17. The molecule has 1 aromatic carbocycles. The van der Waals surface area contributed by atoms with Gasteiger partial charge in [0.25, 0.3) is 11.8 Å². The highest BCUT2D eigenvalue weighted by Crippen LogP contribution is 2.17. The number of hydrogen-bond acceptors (Lipinski definition) is 5. The minimum Gasteiger partial charge on any atom is -0.451 e. The maximum atomic E-state index is 12.0. The Bertz CT molecular complexity index is 717. The molecule has 0 radical (unpaired) electrons. The second kappa shape index (κ2) is 10.7. The van der Waals surface area contributed by atoms with Crippen molar-refractivity contribution in [2.24, 2.45) is 0 Å². The van der Waals surface area contributed by atoms with Gasteiger partial charge in [-0.3, -0.25) is 19.7 Å². The molecule has 8 nitrogen and oxygen atoms in total. The number of esters is 1. The molecular weight excluding hydrogens is 386 g/mol. The van der Waals surface area contributed by atoms with Gasteiger partial charge in [0.05, 0.1) is 0 Å². The monoisotopic (exact) mass is 409 g/mol. The Balaban J connectivity index is 1.70. The van der Waals surface area contributed by atoms with E-state index >= 15 is 0 Å². The summed E-state index contributed by atoms with van der Waals surface area (Å²) in [7, 11) is 0. The average molecular weight is 410 g/mol. The molecule has 1 fully saturated rings. The molecule has 1 aromatic rings. The lowest BCUT2D eigenvalue weighted by atomic mass is 9.96. The number of carbonyl (C=O) groups is 4. The maximum absolute atomic E-state index is 12.0. The Kier molecular flexibility index (Phi) is 8.25. The van der Waals surface area contributed by atoms with E-state index < -0.39 is 36.5 Å². The molecule has 152 valence electrons. The van der Waals surface area contributed by atoms with Crippen LogP contribution in [0, 0.1) is 0 Å². The maximum Gasteiger partial charge on any atom is 0.326 e. The van der Waals surface area contributed by atoms with E-state index in [1.807, 2.05) is 0 Å². The molecule has 0 heterocycles. The zero-order valence-electron chi connectivity index (χ0n) is 15.6. The normalized spacial score (nSPS) is 15.2. The van der Waals surface area contributed by atoms with Crippen LogP contribution in [0.3, 0.4) is 0 Å². The third-order valence-corrected chi connectivity index (χ3v) is 4.61. The molecule has 0 bridgehead atoms. The quantitative estimate of drug-likeness (QED) is 0.623. The fraction of sp³-hybridized carbons (Fsp3) is 0.474. The van der Waals surface area contributed by atoms with Crippen LogP contribution >= 0.6 is 11.6 Å². The van der Waals surface area contributed by atoms with Gasteiger partial charge in [-0.2, -0.15) is 0 Å². The van der Waals surface area contributed by atoms with Crippen LogP contribution in [0.2, 0.25) is 5.02 Å². The van der Waals surface area contributed by atoms with E-state index in [1.54, 1.807) is 12.1 Å². The molecule has 4 amide bonds. The lowest BCUT2D eigenvalue weighted by Gasteiger charge is -2.23. The topological polar surface area (TPSA) is 114 Å². The van der Waals surface area contributed by atoms with Crippen LogP contribution in [-0.4, -0.2) is 42.5 Å². The number of hydrogen-bond donors (Lipinski definition) is 3. The van der Waals surface area contributed by atoms with Crippen LogP contribution in [0.25, 0.3) is 0 Å². The van der Waals surface area contributed by atoms with E-state index in [9.17, 15) is 19.2 Å². The van der Waals surface area contributed by atoms with Gasteiger partial charge < -0.3 is 15.4 Å². The van der Waals surface area contributed by atoms with Crippen molar-refractivity contribution in [3.63, 3.8) is 0 Å². The van der Waals surface area contributed by atoms with Crippen LogP contribution in [0.4, 0.5) is 4.79 Å². The fourth-order valence-electron chi connectivity index (χ4n) is 2.83. The second-order valence-corrected chi connectivity index (χ2v) is 7.06. The summed E-state index contributed by atoms with van der Waals surface area (Å²) >= 11 is 5.75. The Labute approximate surface area is 168 Å². The minimum absolute atomic E-state index is 0.0579. The summed E-state index contributed by atoms with van der Waals surface area (Å²) in [6, 6.07) is 5.60. The number of carbonyl (C=O) groups excluding carboxylic acids is 4. The summed E-state index contributed by atoms with van der Waals surface area (Å²) in [4.78, 5) is 47.6. The Morgan fingerprint density at radius 2 is 1.75 bits per heavy atom. The predicted octanol–water partition coefficient (Wildman–Crippen LogP) is 2.16. The Hall–Kier alpha value is -2.61.